The summed E-state index contributed by atoms with van der Waals surface area (Å²) >= 11 is 7.20. The molecule has 2 heterocycles. The van der Waals surface area contributed by atoms with Gasteiger partial charge in [-0.2, -0.15) is 0 Å². The Hall–Kier alpha value is -2.31. The van der Waals surface area contributed by atoms with Gasteiger partial charge < -0.3 is 5.32 Å². The van der Waals surface area contributed by atoms with Crippen LogP contribution in [0.3, 0.4) is 0 Å². The largest absolute Gasteiger partial charge is 0.302 e. The Morgan fingerprint density at radius 2 is 2.09 bits per heavy atom. The van der Waals surface area contributed by atoms with Crippen LogP contribution in [0.2, 0.25) is 5.02 Å². The maximum Gasteiger partial charge on any atom is 0.230 e. The lowest BCUT2D eigenvalue weighted by molar-refractivity contribution is -0.115. The van der Waals surface area contributed by atoms with Crippen molar-refractivity contribution in [3.05, 3.63) is 64.4 Å². The van der Waals surface area contributed by atoms with E-state index < -0.39 is 5.82 Å². The van der Waals surface area contributed by atoms with Gasteiger partial charge in [0.2, 0.25) is 5.91 Å². The number of aromatic nitrogens is 2. The average molecular weight is 348 g/mol. The molecule has 23 heavy (non-hydrogen) atoms. The lowest BCUT2D eigenvalue weighted by Gasteiger charge is -2.05. The first kappa shape index (κ1) is 15.6. The zero-order valence-electron chi connectivity index (χ0n) is 11.8. The topological polar surface area (TPSA) is 54.9 Å². The van der Waals surface area contributed by atoms with E-state index in [0.717, 1.165) is 5.69 Å². The number of carbonyl (C=O) groups is 1. The number of rotatable bonds is 4. The molecule has 0 aliphatic carbocycles. The monoisotopic (exact) mass is 347 g/mol. The van der Waals surface area contributed by atoms with Crippen LogP contribution in [0.15, 0.2) is 48.0 Å². The first-order valence-corrected chi connectivity index (χ1v) is 7.99. The second-order valence-corrected chi connectivity index (χ2v) is 5.94. The van der Waals surface area contributed by atoms with E-state index in [-0.39, 0.29) is 22.9 Å². The highest BCUT2D eigenvalue weighted by Crippen LogP contribution is 2.24. The molecule has 0 bridgehead atoms. The van der Waals surface area contributed by atoms with Gasteiger partial charge in [0.05, 0.1) is 12.1 Å². The second-order valence-electron chi connectivity index (χ2n) is 4.68. The molecular formula is C16H11ClFN3OS. The second kappa shape index (κ2) is 6.85. The number of hydrogen-bond acceptors (Lipinski definition) is 4. The Bertz CT molecular complexity index is 818. The predicted molar refractivity (Wildman–Crippen MR) is 89.1 cm³/mol. The van der Waals surface area contributed by atoms with E-state index in [1.54, 1.807) is 17.6 Å². The van der Waals surface area contributed by atoms with Gasteiger partial charge in [0, 0.05) is 22.2 Å². The first-order valence-electron chi connectivity index (χ1n) is 6.73. The number of amides is 1. The van der Waals surface area contributed by atoms with E-state index >= 15 is 0 Å². The summed E-state index contributed by atoms with van der Waals surface area (Å²) in [7, 11) is 0. The molecule has 116 valence electrons. The number of thiazole rings is 1. The molecule has 0 atom stereocenters. The van der Waals surface area contributed by atoms with Crippen molar-refractivity contribution in [2.75, 3.05) is 5.32 Å². The van der Waals surface area contributed by atoms with E-state index in [0.29, 0.717) is 10.8 Å². The molecule has 1 amide bonds. The van der Waals surface area contributed by atoms with Crippen molar-refractivity contribution < 1.29 is 9.18 Å². The Balaban J connectivity index is 1.70. The van der Waals surface area contributed by atoms with Gasteiger partial charge in [0.1, 0.15) is 11.5 Å². The van der Waals surface area contributed by atoms with Crippen molar-refractivity contribution in [3.8, 4) is 11.4 Å². The zero-order valence-corrected chi connectivity index (χ0v) is 13.4. The molecule has 7 heteroatoms. The van der Waals surface area contributed by atoms with Gasteiger partial charge in [-0.3, -0.25) is 9.78 Å². The summed E-state index contributed by atoms with van der Waals surface area (Å²) in [5.41, 5.74) is 1.57. The molecule has 0 unspecified atom stereocenters. The van der Waals surface area contributed by atoms with Gasteiger partial charge in [0.15, 0.2) is 5.13 Å². The number of carbonyl (C=O) groups excluding carboxylic acids is 1. The fourth-order valence-electron chi connectivity index (χ4n) is 1.99. The van der Waals surface area contributed by atoms with E-state index in [4.69, 9.17) is 11.6 Å². The van der Waals surface area contributed by atoms with Crippen molar-refractivity contribution >= 4 is 34.0 Å². The quantitative estimate of drug-likeness (QED) is 0.770. The molecule has 0 aliphatic rings. The van der Waals surface area contributed by atoms with Gasteiger partial charge >= 0.3 is 0 Å². The number of nitrogens with one attached hydrogen (secondary N) is 1. The fraction of sp³-hybridized carbons (Fsp3) is 0.0625. The summed E-state index contributed by atoms with van der Waals surface area (Å²) < 4.78 is 13.7. The Labute approximate surface area is 141 Å². The van der Waals surface area contributed by atoms with Gasteiger partial charge in [-0.15, -0.1) is 11.3 Å². The lowest BCUT2D eigenvalue weighted by Crippen LogP contribution is -2.15. The number of nitrogens with zero attached hydrogens (tertiary/aromatic N) is 2. The first-order chi connectivity index (χ1) is 11.1. The van der Waals surface area contributed by atoms with Crippen LogP contribution in [0.5, 0.6) is 0 Å². The maximum atomic E-state index is 13.7. The Kier molecular flexibility index (Phi) is 4.64. The molecule has 0 radical (unpaired) electrons. The molecule has 3 aromatic rings. The minimum atomic E-state index is -0.499. The molecule has 0 fully saturated rings. The highest BCUT2D eigenvalue weighted by molar-refractivity contribution is 7.14. The number of halogens is 2. The molecule has 0 saturated heterocycles. The van der Waals surface area contributed by atoms with Gasteiger partial charge in [-0.25, -0.2) is 9.37 Å². The average Bonchev–Trinajstić information content (AvgIpc) is 3.00. The Morgan fingerprint density at radius 1 is 1.22 bits per heavy atom. The summed E-state index contributed by atoms with van der Waals surface area (Å²) in [6.45, 7) is 0. The molecule has 3 rings (SSSR count). The Morgan fingerprint density at radius 3 is 2.83 bits per heavy atom. The smallest absolute Gasteiger partial charge is 0.230 e. The fourth-order valence-corrected chi connectivity index (χ4v) is 2.94. The number of hydrogen-bond donors (Lipinski definition) is 1. The molecule has 4 nitrogen and oxygen atoms in total. The number of benzene rings is 1. The summed E-state index contributed by atoms with van der Waals surface area (Å²) in [6.07, 6.45) is 1.52. The van der Waals surface area contributed by atoms with E-state index in [2.05, 4.69) is 15.3 Å². The number of pyridine rings is 1. The normalized spacial score (nSPS) is 10.5. The SMILES string of the molecule is O=C(Cc1c(F)cccc1Cl)Nc1nc(-c2ccccn2)cs1. The minimum absolute atomic E-state index is 0.149. The highest BCUT2D eigenvalue weighted by Gasteiger charge is 2.14. The van der Waals surface area contributed by atoms with Crippen LogP contribution in [-0.2, 0) is 11.2 Å². The molecule has 0 spiro atoms. The van der Waals surface area contributed by atoms with Crippen LogP contribution in [0.25, 0.3) is 11.4 Å². The van der Waals surface area contributed by atoms with Gasteiger partial charge in [-0.1, -0.05) is 23.7 Å². The molecule has 1 aromatic carbocycles. The van der Waals surface area contributed by atoms with Crippen molar-refractivity contribution in [3.63, 3.8) is 0 Å². The number of anilines is 1. The van der Waals surface area contributed by atoms with Crippen molar-refractivity contribution in [2.45, 2.75) is 6.42 Å². The zero-order chi connectivity index (χ0) is 16.2. The third-order valence-corrected chi connectivity index (χ3v) is 4.19. The van der Waals surface area contributed by atoms with Crippen molar-refractivity contribution in [1.29, 1.82) is 0 Å². The molecule has 0 saturated carbocycles. The molecule has 2 aromatic heterocycles. The summed E-state index contributed by atoms with van der Waals surface area (Å²) in [4.78, 5) is 20.5. The van der Waals surface area contributed by atoms with Crippen molar-refractivity contribution in [2.24, 2.45) is 0 Å². The van der Waals surface area contributed by atoms with E-state index in [1.807, 2.05) is 18.2 Å². The third-order valence-electron chi connectivity index (χ3n) is 3.08. The van der Waals surface area contributed by atoms with Crippen LogP contribution in [-0.4, -0.2) is 15.9 Å². The van der Waals surface area contributed by atoms with Crippen LogP contribution in [0, 0.1) is 5.82 Å². The van der Waals surface area contributed by atoms with Crippen LogP contribution < -0.4 is 5.32 Å². The molecule has 0 aliphatic heterocycles. The summed E-state index contributed by atoms with van der Waals surface area (Å²) in [5, 5.41) is 5.11. The maximum absolute atomic E-state index is 13.7. The van der Waals surface area contributed by atoms with Crippen LogP contribution in [0.1, 0.15) is 5.56 Å². The molecular weight excluding hydrogens is 337 g/mol. The highest BCUT2D eigenvalue weighted by atomic mass is 35.5. The standard InChI is InChI=1S/C16H11ClFN3OS/c17-11-4-3-5-12(18)10(11)8-15(22)21-16-20-14(9-23-16)13-6-1-2-7-19-13/h1-7,9H,8H2,(H,20,21,22). The van der Waals surface area contributed by atoms with E-state index in [9.17, 15) is 9.18 Å². The van der Waals surface area contributed by atoms with E-state index in [1.165, 1.54) is 23.5 Å². The lowest BCUT2D eigenvalue weighted by atomic mass is 10.1. The van der Waals surface area contributed by atoms with Crippen molar-refractivity contribution in [1.82, 2.24) is 9.97 Å². The van der Waals surface area contributed by atoms with Gasteiger partial charge in [-0.05, 0) is 24.3 Å². The van der Waals surface area contributed by atoms with Crippen LogP contribution >= 0.6 is 22.9 Å². The predicted octanol–water partition coefficient (Wildman–Crippen LogP) is 4.18. The molecule has 1 N–H and O–H groups in total. The minimum Gasteiger partial charge on any atom is -0.302 e. The summed E-state index contributed by atoms with van der Waals surface area (Å²) in [6, 6.07) is 9.84. The third kappa shape index (κ3) is 3.72. The van der Waals surface area contributed by atoms with Crippen LogP contribution in [0.4, 0.5) is 9.52 Å². The summed E-state index contributed by atoms with van der Waals surface area (Å²) in [5.74, 6) is -0.875. The van der Waals surface area contributed by atoms with Gasteiger partial charge in [0.25, 0.3) is 0 Å².